The van der Waals surface area contributed by atoms with Crippen LogP contribution in [-0.4, -0.2) is 28.1 Å². The molecular weight excluding hydrogens is 266 g/mol. The van der Waals surface area contributed by atoms with Gasteiger partial charge in [0.05, 0.1) is 11.7 Å². The highest BCUT2D eigenvalue weighted by atomic mass is 16.3. The average molecular weight is 285 g/mol. The van der Waals surface area contributed by atoms with Gasteiger partial charge < -0.3 is 16.2 Å². The summed E-state index contributed by atoms with van der Waals surface area (Å²) >= 11 is 0. The van der Waals surface area contributed by atoms with Crippen LogP contribution in [0, 0.1) is 0 Å². The predicted octanol–water partition coefficient (Wildman–Crippen LogP) is 1.85. The zero-order chi connectivity index (χ0) is 14.8. The summed E-state index contributed by atoms with van der Waals surface area (Å²) < 4.78 is 0. The SMILES string of the molecule is Nc1ncc(C(=O)NC2CCC(O)CC2)c2ccccc12. The van der Waals surface area contributed by atoms with E-state index in [0.29, 0.717) is 11.4 Å². The Hall–Kier alpha value is -2.14. The standard InChI is InChI=1S/C16H19N3O2/c17-15-13-4-2-1-3-12(13)14(9-18-15)16(21)19-10-5-7-11(20)8-6-10/h1-4,9-11,20H,5-8H2,(H2,17,18)(H,19,21). The lowest BCUT2D eigenvalue weighted by Crippen LogP contribution is -2.38. The van der Waals surface area contributed by atoms with E-state index in [4.69, 9.17) is 5.73 Å². The smallest absolute Gasteiger partial charge is 0.253 e. The number of benzene rings is 1. The fourth-order valence-electron chi connectivity index (χ4n) is 2.88. The van der Waals surface area contributed by atoms with Gasteiger partial charge in [0.25, 0.3) is 5.91 Å². The molecule has 0 atom stereocenters. The molecule has 1 aliphatic carbocycles. The predicted molar refractivity (Wildman–Crippen MR) is 81.9 cm³/mol. The first-order valence-electron chi connectivity index (χ1n) is 7.27. The summed E-state index contributed by atoms with van der Waals surface area (Å²) in [5.41, 5.74) is 6.40. The molecule has 1 fully saturated rings. The number of aliphatic hydroxyl groups is 1. The highest BCUT2D eigenvalue weighted by molar-refractivity contribution is 6.09. The summed E-state index contributed by atoms with van der Waals surface area (Å²) in [6.45, 7) is 0. The molecule has 0 spiro atoms. The van der Waals surface area contributed by atoms with E-state index < -0.39 is 0 Å². The quantitative estimate of drug-likeness (QED) is 0.785. The van der Waals surface area contributed by atoms with Gasteiger partial charge in [-0.1, -0.05) is 24.3 Å². The van der Waals surface area contributed by atoms with Gasteiger partial charge in [-0.2, -0.15) is 0 Å². The maximum absolute atomic E-state index is 12.5. The zero-order valence-corrected chi connectivity index (χ0v) is 11.7. The number of hydrogen-bond donors (Lipinski definition) is 3. The van der Waals surface area contributed by atoms with Crippen LogP contribution in [0.2, 0.25) is 0 Å². The molecule has 1 saturated carbocycles. The van der Waals surface area contributed by atoms with E-state index in [1.165, 1.54) is 6.20 Å². The monoisotopic (exact) mass is 285 g/mol. The van der Waals surface area contributed by atoms with Crippen molar-refractivity contribution in [1.29, 1.82) is 0 Å². The minimum atomic E-state index is -0.225. The van der Waals surface area contributed by atoms with E-state index in [1.54, 1.807) is 0 Å². The van der Waals surface area contributed by atoms with E-state index in [-0.39, 0.29) is 18.1 Å². The Bertz CT molecular complexity index is 664. The summed E-state index contributed by atoms with van der Waals surface area (Å²) in [5, 5.41) is 14.2. The summed E-state index contributed by atoms with van der Waals surface area (Å²) in [7, 11) is 0. The number of nitrogens with two attached hydrogens (primary N) is 1. The number of nitrogens with zero attached hydrogens (tertiary/aromatic N) is 1. The van der Waals surface area contributed by atoms with Crippen molar-refractivity contribution in [3.05, 3.63) is 36.0 Å². The van der Waals surface area contributed by atoms with Gasteiger partial charge in [-0.3, -0.25) is 4.79 Å². The number of nitrogen functional groups attached to an aromatic ring is 1. The summed E-state index contributed by atoms with van der Waals surface area (Å²) in [6, 6.07) is 7.63. The van der Waals surface area contributed by atoms with E-state index in [0.717, 1.165) is 36.5 Å². The van der Waals surface area contributed by atoms with Crippen molar-refractivity contribution in [2.24, 2.45) is 0 Å². The van der Waals surface area contributed by atoms with Crippen LogP contribution in [0.15, 0.2) is 30.5 Å². The van der Waals surface area contributed by atoms with E-state index in [1.807, 2.05) is 24.3 Å². The molecule has 1 aliphatic rings. The van der Waals surface area contributed by atoms with Gasteiger partial charge >= 0.3 is 0 Å². The van der Waals surface area contributed by atoms with Crippen molar-refractivity contribution in [1.82, 2.24) is 10.3 Å². The first-order chi connectivity index (χ1) is 10.1. The van der Waals surface area contributed by atoms with Crippen molar-refractivity contribution in [3.8, 4) is 0 Å². The zero-order valence-electron chi connectivity index (χ0n) is 11.7. The maximum atomic E-state index is 12.5. The molecule has 0 bridgehead atoms. The molecular formula is C16H19N3O2. The normalized spacial score (nSPS) is 22.1. The second-order valence-corrected chi connectivity index (χ2v) is 5.58. The van der Waals surface area contributed by atoms with Gasteiger partial charge in [0.1, 0.15) is 5.82 Å². The first-order valence-corrected chi connectivity index (χ1v) is 7.27. The molecule has 21 heavy (non-hydrogen) atoms. The van der Waals surface area contributed by atoms with Crippen molar-refractivity contribution in [2.45, 2.75) is 37.8 Å². The van der Waals surface area contributed by atoms with Crippen LogP contribution < -0.4 is 11.1 Å². The molecule has 1 aromatic heterocycles. The molecule has 1 amide bonds. The molecule has 2 aromatic rings. The topological polar surface area (TPSA) is 88.2 Å². The van der Waals surface area contributed by atoms with Crippen molar-refractivity contribution in [3.63, 3.8) is 0 Å². The van der Waals surface area contributed by atoms with Gasteiger partial charge in [0.2, 0.25) is 0 Å². The second-order valence-electron chi connectivity index (χ2n) is 5.58. The number of amides is 1. The Morgan fingerprint density at radius 3 is 2.57 bits per heavy atom. The molecule has 0 saturated heterocycles. The third kappa shape index (κ3) is 2.83. The lowest BCUT2D eigenvalue weighted by molar-refractivity contribution is 0.0869. The van der Waals surface area contributed by atoms with Crippen LogP contribution in [0.25, 0.3) is 10.8 Å². The molecule has 4 N–H and O–H groups in total. The first kappa shape index (κ1) is 13.8. The van der Waals surface area contributed by atoms with E-state index >= 15 is 0 Å². The summed E-state index contributed by atoms with van der Waals surface area (Å²) in [4.78, 5) is 16.6. The van der Waals surface area contributed by atoms with Crippen molar-refractivity contribution >= 4 is 22.5 Å². The molecule has 0 unspecified atom stereocenters. The Morgan fingerprint density at radius 2 is 1.86 bits per heavy atom. The third-order valence-electron chi connectivity index (χ3n) is 4.10. The van der Waals surface area contributed by atoms with Gasteiger partial charge in [0, 0.05) is 17.6 Å². The van der Waals surface area contributed by atoms with Crippen LogP contribution in [0.5, 0.6) is 0 Å². The number of anilines is 1. The average Bonchev–Trinajstić information content (AvgIpc) is 2.50. The molecule has 1 heterocycles. The number of aromatic nitrogens is 1. The number of carbonyl (C=O) groups excluding carboxylic acids is 1. The molecule has 5 nitrogen and oxygen atoms in total. The van der Waals surface area contributed by atoms with Crippen molar-refractivity contribution < 1.29 is 9.90 Å². The van der Waals surface area contributed by atoms with E-state index in [9.17, 15) is 9.90 Å². The fourth-order valence-corrected chi connectivity index (χ4v) is 2.88. The van der Waals surface area contributed by atoms with Gasteiger partial charge in [-0.15, -0.1) is 0 Å². The number of hydrogen-bond acceptors (Lipinski definition) is 4. The lowest BCUT2D eigenvalue weighted by Gasteiger charge is -2.26. The van der Waals surface area contributed by atoms with E-state index in [2.05, 4.69) is 10.3 Å². The van der Waals surface area contributed by atoms with Crippen LogP contribution in [0.4, 0.5) is 5.82 Å². The molecule has 0 aliphatic heterocycles. The largest absolute Gasteiger partial charge is 0.393 e. The highest BCUT2D eigenvalue weighted by Crippen LogP contribution is 2.23. The van der Waals surface area contributed by atoms with Crippen molar-refractivity contribution in [2.75, 3.05) is 5.73 Å². The Kier molecular flexibility index (Phi) is 3.75. The number of rotatable bonds is 2. The van der Waals surface area contributed by atoms with Gasteiger partial charge in [-0.25, -0.2) is 4.98 Å². The molecule has 3 rings (SSSR count). The number of fused-ring (bicyclic) bond motifs is 1. The Balaban J connectivity index is 1.83. The molecule has 0 radical (unpaired) electrons. The van der Waals surface area contributed by atoms with Crippen LogP contribution in [0.3, 0.4) is 0 Å². The van der Waals surface area contributed by atoms with Crippen LogP contribution in [-0.2, 0) is 0 Å². The third-order valence-corrected chi connectivity index (χ3v) is 4.10. The lowest BCUT2D eigenvalue weighted by atomic mass is 9.93. The Morgan fingerprint density at radius 1 is 1.19 bits per heavy atom. The Labute approximate surface area is 123 Å². The fraction of sp³-hybridized carbons (Fsp3) is 0.375. The second kappa shape index (κ2) is 5.69. The number of nitrogens with one attached hydrogen (secondary N) is 1. The summed E-state index contributed by atoms with van der Waals surface area (Å²) in [6.07, 6.45) is 4.42. The number of pyridine rings is 1. The minimum Gasteiger partial charge on any atom is -0.393 e. The summed E-state index contributed by atoms with van der Waals surface area (Å²) in [5.74, 6) is 0.308. The molecule has 110 valence electrons. The maximum Gasteiger partial charge on any atom is 0.253 e. The number of aliphatic hydroxyl groups excluding tert-OH is 1. The highest BCUT2D eigenvalue weighted by Gasteiger charge is 2.22. The van der Waals surface area contributed by atoms with Crippen LogP contribution >= 0.6 is 0 Å². The number of carbonyl (C=O) groups is 1. The molecule has 1 aromatic carbocycles. The minimum absolute atomic E-state index is 0.122. The molecule has 5 heteroatoms. The van der Waals surface area contributed by atoms with Gasteiger partial charge in [-0.05, 0) is 31.1 Å². The van der Waals surface area contributed by atoms with Crippen LogP contribution in [0.1, 0.15) is 36.0 Å². The van der Waals surface area contributed by atoms with Gasteiger partial charge in [0.15, 0.2) is 0 Å².